The zero-order valence-electron chi connectivity index (χ0n) is 15.8. The van der Waals surface area contributed by atoms with E-state index in [1.54, 1.807) is 18.2 Å². The average Bonchev–Trinajstić information content (AvgIpc) is 2.67. The van der Waals surface area contributed by atoms with Crippen LogP contribution in [0.1, 0.15) is 57.8 Å². The van der Waals surface area contributed by atoms with Crippen molar-refractivity contribution in [3.63, 3.8) is 0 Å². The van der Waals surface area contributed by atoms with Crippen molar-refractivity contribution in [1.29, 1.82) is 0 Å². The monoisotopic (exact) mass is 385 g/mol. The van der Waals surface area contributed by atoms with E-state index in [9.17, 15) is 14.4 Å². The van der Waals surface area contributed by atoms with Crippen LogP contribution in [0.15, 0.2) is 29.1 Å². The van der Waals surface area contributed by atoms with Gasteiger partial charge in [0.25, 0.3) is 17.4 Å². The molecule has 1 aromatic heterocycles. The number of aromatic nitrogens is 1. The number of hydrogen-bond donors (Lipinski definition) is 3. The van der Waals surface area contributed by atoms with Crippen LogP contribution in [-0.2, 0) is 6.42 Å². The number of primary amides is 1. The van der Waals surface area contributed by atoms with Gasteiger partial charge in [0.15, 0.2) is 11.5 Å². The van der Waals surface area contributed by atoms with Crippen LogP contribution >= 0.6 is 0 Å². The first-order chi connectivity index (χ1) is 13.4. The molecular formula is C20H23N3O5. The number of aromatic amines is 1. The number of ether oxygens (including phenoxy) is 2. The molecule has 0 aliphatic heterocycles. The second kappa shape index (κ2) is 8.16. The summed E-state index contributed by atoms with van der Waals surface area (Å²) in [5.74, 6) is -0.0471. The summed E-state index contributed by atoms with van der Waals surface area (Å²) in [5, 5.41) is 2.97. The first-order valence-electron chi connectivity index (χ1n) is 9.12. The Morgan fingerprint density at radius 3 is 2.75 bits per heavy atom. The number of nitrogens with one attached hydrogen (secondary N) is 2. The van der Waals surface area contributed by atoms with Crippen LogP contribution in [0.4, 0.5) is 0 Å². The van der Waals surface area contributed by atoms with Gasteiger partial charge in [-0.3, -0.25) is 14.4 Å². The first-order valence-corrected chi connectivity index (χ1v) is 9.12. The molecule has 0 saturated heterocycles. The summed E-state index contributed by atoms with van der Waals surface area (Å²) in [4.78, 5) is 39.0. The third kappa shape index (κ3) is 3.85. The van der Waals surface area contributed by atoms with E-state index in [-0.39, 0.29) is 17.5 Å². The number of rotatable bonds is 6. The number of methoxy groups -OCH3 is 1. The Kier molecular flexibility index (Phi) is 5.67. The predicted octanol–water partition coefficient (Wildman–Crippen LogP) is 1.69. The normalized spacial score (nSPS) is 15.4. The molecule has 1 aliphatic rings. The summed E-state index contributed by atoms with van der Waals surface area (Å²) in [7, 11) is 1.51. The molecule has 3 rings (SSSR count). The minimum Gasteiger partial charge on any atom is -0.493 e. The summed E-state index contributed by atoms with van der Waals surface area (Å²) >= 11 is 0. The third-order valence-corrected chi connectivity index (χ3v) is 4.75. The number of fused-ring (bicyclic) bond motifs is 1. The van der Waals surface area contributed by atoms with Crippen molar-refractivity contribution in [2.24, 2.45) is 5.73 Å². The maximum Gasteiger partial charge on any atom is 0.261 e. The van der Waals surface area contributed by atoms with Crippen LogP contribution in [0.2, 0.25) is 0 Å². The lowest BCUT2D eigenvalue weighted by Gasteiger charge is -2.26. The van der Waals surface area contributed by atoms with Crippen LogP contribution in [0, 0.1) is 0 Å². The number of nitrogens with two attached hydrogens (primary N) is 1. The second-order valence-corrected chi connectivity index (χ2v) is 6.53. The minimum atomic E-state index is -0.795. The molecule has 1 heterocycles. The standard InChI is InChI=1S/C20H23N3O5/c1-3-28-16-8-7-11(9-17(16)27-2)19(25)22-14-5-4-6-15-12(14)10-13(18(21)24)20(26)23-15/h7-10,14H,3-6H2,1-2H3,(H2,21,24)(H,22,25)(H,23,26). The van der Waals surface area contributed by atoms with E-state index in [2.05, 4.69) is 10.3 Å². The molecule has 8 nitrogen and oxygen atoms in total. The molecule has 2 aromatic rings. The molecule has 0 spiro atoms. The molecule has 1 unspecified atom stereocenters. The van der Waals surface area contributed by atoms with E-state index < -0.39 is 11.5 Å². The fourth-order valence-electron chi connectivity index (χ4n) is 3.40. The molecular weight excluding hydrogens is 362 g/mol. The van der Waals surface area contributed by atoms with Crippen molar-refractivity contribution >= 4 is 11.8 Å². The van der Waals surface area contributed by atoms with Crippen LogP contribution < -0.4 is 26.1 Å². The van der Waals surface area contributed by atoms with Gasteiger partial charge in [-0.15, -0.1) is 0 Å². The molecule has 8 heteroatoms. The average molecular weight is 385 g/mol. The number of carbonyl (C=O) groups is 2. The molecule has 148 valence electrons. The van der Waals surface area contributed by atoms with E-state index in [0.29, 0.717) is 42.1 Å². The Hall–Kier alpha value is -3.29. The molecule has 0 fully saturated rings. The molecule has 1 aliphatic carbocycles. The van der Waals surface area contributed by atoms with Crippen LogP contribution in [0.5, 0.6) is 11.5 Å². The fourth-order valence-corrected chi connectivity index (χ4v) is 3.40. The third-order valence-electron chi connectivity index (χ3n) is 4.75. The van der Waals surface area contributed by atoms with Gasteiger partial charge >= 0.3 is 0 Å². The highest BCUT2D eigenvalue weighted by atomic mass is 16.5. The first kappa shape index (κ1) is 19.5. The number of benzene rings is 1. The van der Waals surface area contributed by atoms with Gasteiger partial charge < -0.3 is 25.5 Å². The number of aryl methyl sites for hydroxylation is 1. The van der Waals surface area contributed by atoms with E-state index in [4.69, 9.17) is 15.2 Å². The van der Waals surface area contributed by atoms with Gasteiger partial charge in [-0.25, -0.2) is 0 Å². The van der Waals surface area contributed by atoms with E-state index in [1.807, 2.05) is 6.92 Å². The maximum atomic E-state index is 12.8. The Morgan fingerprint density at radius 1 is 1.29 bits per heavy atom. The van der Waals surface area contributed by atoms with Gasteiger partial charge in [0.1, 0.15) is 5.56 Å². The zero-order valence-corrected chi connectivity index (χ0v) is 15.8. The van der Waals surface area contributed by atoms with Crippen molar-refractivity contribution in [3.05, 3.63) is 57.0 Å². The molecule has 1 atom stereocenters. The van der Waals surface area contributed by atoms with Gasteiger partial charge in [-0.2, -0.15) is 0 Å². The van der Waals surface area contributed by atoms with E-state index >= 15 is 0 Å². The molecule has 0 saturated carbocycles. The van der Waals surface area contributed by atoms with Crippen molar-refractivity contribution in [2.45, 2.75) is 32.2 Å². The van der Waals surface area contributed by atoms with Gasteiger partial charge in [-0.1, -0.05) is 0 Å². The smallest absolute Gasteiger partial charge is 0.261 e. The quantitative estimate of drug-likeness (QED) is 0.698. The lowest BCUT2D eigenvalue weighted by molar-refractivity contribution is 0.0932. The second-order valence-electron chi connectivity index (χ2n) is 6.53. The molecule has 1 aromatic carbocycles. The van der Waals surface area contributed by atoms with Crippen LogP contribution in [0.25, 0.3) is 0 Å². The van der Waals surface area contributed by atoms with Crippen LogP contribution in [0.3, 0.4) is 0 Å². The molecule has 28 heavy (non-hydrogen) atoms. The molecule has 0 radical (unpaired) electrons. The SMILES string of the molecule is CCOc1ccc(C(=O)NC2CCCc3[nH]c(=O)c(C(N)=O)cc32)cc1OC. The maximum absolute atomic E-state index is 12.8. The van der Waals surface area contributed by atoms with Crippen LogP contribution in [-0.4, -0.2) is 30.5 Å². The minimum absolute atomic E-state index is 0.109. The summed E-state index contributed by atoms with van der Waals surface area (Å²) in [6.45, 7) is 2.35. The van der Waals surface area contributed by atoms with E-state index in [1.165, 1.54) is 13.2 Å². The summed E-state index contributed by atoms with van der Waals surface area (Å²) in [6, 6.07) is 6.12. The van der Waals surface area contributed by atoms with Gasteiger partial charge in [0.05, 0.1) is 19.8 Å². The summed E-state index contributed by atoms with van der Waals surface area (Å²) in [5.41, 5.74) is 6.53. The summed E-state index contributed by atoms with van der Waals surface area (Å²) < 4.78 is 10.8. The topological polar surface area (TPSA) is 124 Å². The number of hydrogen-bond acceptors (Lipinski definition) is 5. The Labute approximate surface area is 162 Å². The van der Waals surface area contributed by atoms with Gasteiger partial charge in [0, 0.05) is 11.3 Å². The number of amides is 2. The highest BCUT2D eigenvalue weighted by molar-refractivity contribution is 5.95. The van der Waals surface area contributed by atoms with Gasteiger partial charge in [0.2, 0.25) is 0 Å². The van der Waals surface area contributed by atoms with Crippen molar-refractivity contribution in [2.75, 3.05) is 13.7 Å². The number of pyridine rings is 1. The Bertz CT molecular complexity index is 967. The van der Waals surface area contributed by atoms with Crippen molar-refractivity contribution in [3.8, 4) is 11.5 Å². The Balaban J connectivity index is 1.87. The van der Waals surface area contributed by atoms with E-state index in [0.717, 1.165) is 12.1 Å². The zero-order chi connectivity index (χ0) is 20.3. The lowest BCUT2D eigenvalue weighted by Crippen LogP contribution is -2.34. The predicted molar refractivity (Wildman–Crippen MR) is 103 cm³/mol. The largest absolute Gasteiger partial charge is 0.493 e. The molecule has 0 bridgehead atoms. The highest BCUT2D eigenvalue weighted by Gasteiger charge is 2.25. The highest BCUT2D eigenvalue weighted by Crippen LogP contribution is 2.30. The van der Waals surface area contributed by atoms with Crippen molar-refractivity contribution in [1.82, 2.24) is 10.3 Å². The van der Waals surface area contributed by atoms with Gasteiger partial charge in [-0.05, 0) is 56.0 Å². The molecule has 2 amide bonds. The lowest BCUT2D eigenvalue weighted by atomic mass is 9.90. The number of H-pyrrole nitrogens is 1. The number of carbonyl (C=O) groups excluding carboxylic acids is 2. The Morgan fingerprint density at radius 2 is 2.07 bits per heavy atom. The van der Waals surface area contributed by atoms with Crippen molar-refractivity contribution < 1.29 is 19.1 Å². The fraction of sp³-hybridized carbons (Fsp3) is 0.350. The summed E-state index contributed by atoms with van der Waals surface area (Å²) in [6.07, 6.45) is 2.17. The molecule has 4 N–H and O–H groups in total.